The van der Waals surface area contributed by atoms with Crippen molar-refractivity contribution < 1.29 is 9.59 Å². The van der Waals surface area contributed by atoms with E-state index in [4.69, 9.17) is 5.73 Å². The number of nitrogens with two attached hydrogens (primary N) is 1. The zero-order valence-corrected chi connectivity index (χ0v) is 19.0. The normalized spacial score (nSPS) is 10.7. The zero-order valence-electron chi connectivity index (χ0n) is 19.0. The molecule has 168 valence electrons. The van der Waals surface area contributed by atoms with Crippen LogP contribution in [0.3, 0.4) is 0 Å². The van der Waals surface area contributed by atoms with E-state index in [1.807, 2.05) is 36.4 Å². The van der Waals surface area contributed by atoms with Crippen LogP contribution in [-0.4, -0.2) is 25.4 Å². The van der Waals surface area contributed by atoms with Crippen molar-refractivity contribution in [2.24, 2.45) is 5.92 Å². The molecule has 0 radical (unpaired) electrons. The van der Waals surface area contributed by atoms with Crippen molar-refractivity contribution >= 4 is 34.6 Å². The summed E-state index contributed by atoms with van der Waals surface area (Å²) in [4.78, 5) is 26.4. The molecule has 0 spiro atoms. The van der Waals surface area contributed by atoms with Crippen LogP contribution in [0.2, 0.25) is 0 Å². The number of nitrogens with one attached hydrogen (secondary N) is 2. The number of carbonyl (C=O) groups is 2. The maximum Gasteiger partial charge on any atom is 0.224 e. The summed E-state index contributed by atoms with van der Waals surface area (Å²) in [6.45, 7) is 5.38. The Bertz CT molecular complexity index is 834. The lowest BCUT2D eigenvalue weighted by molar-refractivity contribution is -0.117. The van der Waals surface area contributed by atoms with Crippen molar-refractivity contribution in [2.45, 2.75) is 52.4 Å². The standard InChI is InChI=1S/C25H36N4O2/c1-19(2)18-29(3)21-16-14-20(15-17-21)27-24(30)12-6-4-5-7-13-25(31)28-23-11-9-8-10-22(23)26/h8-11,14-17,19H,4-7,12-13,18,26H2,1-3H3,(H,27,30)(H,28,31). The predicted molar refractivity (Wildman–Crippen MR) is 130 cm³/mol. The lowest BCUT2D eigenvalue weighted by Gasteiger charge is -2.21. The molecule has 0 aliphatic carbocycles. The highest BCUT2D eigenvalue weighted by atomic mass is 16.2. The quantitative estimate of drug-likeness (QED) is 0.320. The molecule has 0 heterocycles. The molecule has 0 aliphatic heterocycles. The maximum atomic E-state index is 12.2. The Labute approximate surface area is 186 Å². The number of hydrogen-bond donors (Lipinski definition) is 3. The minimum Gasteiger partial charge on any atom is -0.397 e. The van der Waals surface area contributed by atoms with Crippen molar-refractivity contribution in [1.29, 1.82) is 0 Å². The van der Waals surface area contributed by atoms with Gasteiger partial charge in [0.05, 0.1) is 11.4 Å². The summed E-state index contributed by atoms with van der Waals surface area (Å²) in [6.07, 6.45) is 4.40. The largest absolute Gasteiger partial charge is 0.397 e. The fourth-order valence-electron chi connectivity index (χ4n) is 3.42. The monoisotopic (exact) mass is 424 g/mol. The van der Waals surface area contributed by atoms with E-state index in [9.17, 15) is 9.59 Å². The van der Waals surface area contributed by atoms with Crippen LogP contribution in [0.15, 0.2) is 48.5 Å². The number of amides is 2. The minimum atomic E-state index is -0.0295. The number of hydrogen-bond acceptors (Lipinski definition) is 4. The Morgan fingerprint density at radius 1 is 0.871 bits per heavy atom. The van der Waals surface area contributed by atoms with Crippen LogP contribution < -0.4 is 21.3 Å². The van der Waals surface area contributed by atoms with E-state index in [1.54, 1.807) is 12.1 Å². The molecule has 6 nitrogen and oxygen atoms in total. The molecule has 0 unspecified atom stereocenters. The van der Waals surface area contributed by atoms with Crippen molar-refractivity contribution in [2.75, 3.05) is 34.9 Å². The lowest BCUT2D eigenvalue weighted by atomic mass is 10.1. The third-order valence-electron chi connectivity index (χ3n) is 5.02. The molecular formula is C25H36N4O2. The highest BCUT2D eigenvalue weighted by Crippen LogP contribution is 2.19. The molecule has 0 saturated heterocycles. The predicted octanol–water partition coefficient (Wildman–Crippen LogP) is 5.28. The van der Waals surface area contributed by atoms with Crippen molar-refractivity contribution in [1.82, 2.24) is 0 Å². The number of benzene rings is 2. The molecule has 0 aromatic heterocycles. The van der Waals surface area contributed by atoms with Gasteiger partial charge in [-0.1, -0.05) is 38.8 Å². The third kappa shape index (κ3) is 9.11. The number of para-hydroxylation sites is 2. The Morgan fingerprint density at radius 3 is 2.03 bits per heavy atom. The molecule has 0 aliphatic rings. The van der Waals surface area contributed by atoms with Crippen molar-refractivity contribution in [3.05, 3.63) is 48.5 Å². The van der Waals surface area contributed by atoms with Crippen LogP contribution in [0.25, 0.3) is 0 Å². The summed E-state index contributed by atoms with van der Waals surface area (Å²) < 4.78 is 0. The molecule has 0 fully saturated rings. The molecule has 2 aromatic rings. The van der Waals surface area contributed by atoms with E-state index in [2.05, 4.69) is 36.4 Å². The first-order valence-electron chi connectivity index (χ1n) is 11.1. The van der Waals surface area contributed by atoms with Gasteiger partial charge in [-0.25, -0.2) is 0 Å². The first kappa shape index (κ1) is 24.3. The SMILES string of the molecule is CC(C)CN(C)c1ccc(NC(=O)CCCCCCC(=O)Nc2ccccc2N)cc1. The summed E-state index contributed by atoms with van der Waals surface area (Å²) in [5, 5.41) is 5.79. The minimum absolute atomic E-state index is 0.0283. The average Bonchev–Trinajstić information content (AvgIpc) is 2.72. The van der Waals surface area contributed by atoms with Gasteiger partial charge >= 0.3 is 0 Å². The summed E-state index contributed by atoms with van der Waals surface area (Å²) in [5.41, 5.74) is 9.02. The van der Waals surface area contributed by atoms with Crippen molar-refractivity contribution in [3.63, 3.8) is 0 Å². The summed E-state index contributed by atoms with van der Waals surface area (Å²) >= 11 is 0. The van der Waals surface area contributed by atoms with Crippen LogP contribution in [0, 0.1) is 5.92 Å². The van der Waals surface area contributed by atoms with Gasteiger partial charge in [-0.15, -0.1) is 0 Å². The second-order valence-electron chi connectivity index (χ2n) is 8.42. The molecule has 2 amide bonds. The van der Waals surface area contributed by atoms with Gasteiger partial charge in [0, 0.05) is 37.8 Å². The lowest BCUT2D eigenvalue weighted by Crippen LogP contribution is -2.22. The summed E-state index contributed by atoms with van der Waals surface area (Å²) in [5.74, 6) is 0.597. The molecule has 0 atom stereocenters. The third-order valence-corrected chi connectivity index (χ3v) is 5.02. The molecule has 2 aromatic carbocycles. The Kier molecular flexibility index (Phi) is 9.88. The summed E-state index contributed by atoms with van der Waals surface area (Å²) in [6, 6.07) is 15.2. The van der Waals surface area contributed by atoms with Gasteiger partial charge in [0.25, 0.3) is 0 Å². The van der Waals surface area contributed by atoms with E-state index in [0.29, 0.717) is 30.1 Å². The number of unbranched alkanes of at least 4 members (excludes halogenated alkanes) is 3. The second kappa shape index (κ2) is 12.6. The van der Waals surface area contributed by atoms with Crippen molar-refractivity contribution in [3.8, 4) is 0 Å². The fraction of sp³-hybridized carbons (Fsp3) is 0.440. The number of nitrogen functional groups attached to an aromatic ring is 1. The number of anilines is 4. The Balaban J connectivity index is 1.59. The van der Waals surface area contributed by atoms with Crippen LogP contribution in [0.4, 0.5) is 22.7 Å². The van der Waals surface area contributed by atoms with E-state index >= 15 is 0 Å². The van der Waals surface area contributed by atoms with Gasteiger partial charge in [-0.05, 0) is 55.2 Å². The molecular weight excluding hydrogens is 388 g/mol. The molecule has 4 N–H and O–H groups in total. The van der Waals surface area contributed by atoms with Crippen LogP contribution in [0.1, 0.15) is 52.4 Å². The smallest absolute Gasteiger partial charge is 0.224 e. The first-order chi connectivity index (χ1) is 14.8. The first-order valence-corrected chi connectivity index (χ1v) is 11.1. The zero-order chi connectivity index (χ0) is 22.6. The number of nitrogens with zero attached hydrogens (tertiary/aromatic N) is 1. The van der Waals surface area contributed by atoms with Gasteiger partial charge in [0.1, 0.15) is 0 Å². The van der Waals surface area contributed by atoms with Crippen LogP contribution in [-0.2, 0) is 9.59 Å². The van der Waals surface area contributed by atoms with Gasteiger partial charge in [0.2, 0.25) is 11.8 Å². The molecule has 0 saturated carbocycles. The fourth-order valence-corrected chi connectivity index (χ4v) is 3.42. The average molecular weight is 425 g/mol. The number of carbonyl (C=O) groups excluding carboxylic acids is 2. The molecule has 2 rings (SSSR count). The molecule has 6 heteroatoms. The van der Waals surface area contributed by atoms with Crippen LogP contribution in [0.5, 0.6) is 0 Å². The highest BCUT2D eigenvalue weighted by Gasteiger charge is 2.07. The Morgan fingerprint density at radius 2 is 1.45 bits per heavy atom. The topological polar surface area (TPSA) is 87.5 Å². The van der Waals surface area contributed by atoms with E-state index in [1.165, 1.54) is 0 Å². The molecule has 0 bridgehead atoms. The van der Waals surface area contributed by atoms with Crippen LogP contribution >= 0.6 is 0 Å². The number of rotatable bonds is 12. The van der Waals surface area contributed by atoms with E-state index in [-0.39, 0.29) is 11.8 Å². The summed E-state index contributed by atoms with van der Waals surface area (Å²) in [7, 11) is 2.08. The van der Waals surface area contributed by atoms with E-state index < -0.39 is 0 Å². The Hall–Kier alpha value is -3.02. The van der Waals surface area contributed by atoms with Gasteiger partial charge in [-0.3, -0.25) is 9.59 Å². The maximum absolute atomic E-state index is 12.2. The second-order valence-corrected chi connectivity index (χ2v) is 8.42. The molecule has 31 heavy (non-hydrogen) atoms. The van der Waals surface area contributed by atoms with Gasteiger partial charge in [0.15, 0.2) is 0 Å². The van der Waals surface area contributed by atoms with Gasteiger partial charge in [-0.2, -0.15) is 0 Å². The highest BCUT2D eigenvalue weighted by molar-refractivity contribution is 5.93. The van der Waals surface area contributed by atoms with Gasteiger partial charge < -0.3 is 21.3 Å². The van der Waals surface area contributed by atoms with E-state index in [0.717, 1.165) is 43.6 Å².